The molecule has 0 saturated heterocycles. The lowest BCUT2D eigenvalue weighted by Gasteiger charge is -2.05. The number of rotatable bonds is 8. The molecule has 3 aromatic carbocycles. The Morgan fingerprint density at radius 1 is 1.06 bits per heavy atom. The van der Waals surface area contributed by atoms with E-state index in [4.69, 9.17) is 9.84 Å². The van der Waals surface area contributed by atoms with E-state index < -0.39 is 0 Å². The third kappa shape index (κ3) is 5.54. The summed E-state index contributed by atoms with van der Waals surface area (Å²) in [5, 5.41) is 8.98. The Morgan fingerprint density at radius 3 is 2.58 bits per heavy atom. The first kappa shape index (κ1) is 22.0. The standard InChI is InChI=1S/C27H26N4O2/c1-3-16-33-25-14-12-21(13-15-25)26-23(19-31(30-26)24-10-5-4-6-11-24)18-28-29-27(32)22-9-7-8-20(2)17-22/h4-15,17-19H,3,16H2,1-2H3,(H,29,32)/b28-18+. The third-order valence-electron chi connectivity index (χ3n) is 5.01. The van der Waals surface area contributed by atoms with Crippen molar-refractivity contribution in [2.24, 2.45) is 5.10 Å². The smallest absolute Gasteiger partial charge is 0.271 e. The second kappa shape index (κ2) is 10.4. The number of hydrogen-bond donors (Lipinski definition) is 1. The highest BCUT2D eigenvalue weighted by Gasteiger charge is 2.12. The van der Waals surface area contributed by atoms with Gasteiger partial charge < -0.3 is 4.74 Å². The zero-order valence-electron chi connectivity index (χ0n) is 18.7. The minimum atomic E-state index is -0.260. The summed E-state index contributed by atoms with van der Waals surface area (Å²) in [4.78, 5) is 12.4. The van der Waals surface area contributed by atoms with Crippen LogP contribution in [-0.4, -0.2) is 28.5 Å². The number of benzene rings is 3. The molecule has 0 aliphatic rings. The Balaban J connectivity index is 1.61. The average molecular weight is 439 g/mol. The van der Waals surface area contributed by atoms with E-state index in [-0.39, 0.29) is 5.91 Å². The van der Waals surface area contributed by atoms with Gasteiger partial charge >= 0.3 is 0 Å². The normalized spacial score (nSPS) is 11.0. The number of carbonyl (C=O) groups is 1. The molecule has 6 heteroatoms. The fraction of sp³-hybridized carbons (Fsp3) is 0.148. The van der Waals surface area contributed by atoms with Crippen LogP contribution in [-0.2, 0) is 0 Å². The van der Waals surface area contributed by atoms with Gasteiger partial charge in [0.05, 0.1) is 18.5 Å². The van der Waals surface area contributed by atoms with Crippen LogP contribution in [0.2, 0.25) is 0 Å². The summed E-state index contributed by atoms with van der Waals surface area (Å²) in [5.41, 5.74) is 7.60. The van der Waals surface area contributed by atoms with Crippen LogP contribution in [0, 0.1) is 6.92 Å². The molecule has 0 spiro atoms. The van der Waals surface area contributed by atoms with Gasteiger partial charge in [0.2, 0.25) is 0 Å². The van der Waals surface area contributed by atoms with Crippen molar-refractivity contribution in [2.45, 2.75) is 20.3 Å². The molecule has 166 valence electrons. The number of hydrogen-bond acceptors (Lipinski definition) is 4. The predicted molar refractivity (Wildman–Crippen MR) is 131 cm³/mol. The van der Waals surface area contributed by atoms with Crippen LogP contribution < -0.4 is 10.2 Å². The zero-order valence-corrected chi connectivity index (χ0v) is 18.7. The summed E-state index contributed by atoms with van der Waals surface area (Å²) in [6, 6.07) is 25.1. The fourth-order valence-electron chi connectivity index (χ4n) is 3.36. The summed E-state index contributed by atoms with van der Waals surface area (Å²) < 4.78 is 7.50. The maximum absolute atomic E-state index is 12.4. The van der Waals surface area contributed by atoms with Gasteiger partial charge in [0.25, 0.3) is 5.91 Å². The Kier molecular flexibility index (Phi) is 6.95. The Hall–Kier alpha value is -4.19. The molecular weight excluding hydrogens is 412 g/mol. The second-order valence-electron chi connectivity index (χ2n) is 7.65. The quantitative estimate of drug-likeness (QED) is 0.296. The highest BCUT2D eigenvalue weighted by atomic mass is 16.5. The van der Waals surface area contributed by atoms with Gasteiger partial charge in [-0.1, -0.05) is 42.8 Å². The van der Waals surface area contributed by atoms with Gasteiger partial charge in [0.15, 0.2) is 0 Å². The number of aryl methyl sites for hydroxylation is 1. The van der Waals surface area contributed by atoms with Crippen LogP contribution in [0.5, 0.6) is 5.75 Å². The van der Waals surface area contributed by atoms with E-state index in [9.17, 15) is 4.79 Å². The number of amides is 1. The van der Waals surface area contributed by atoms with E-state index in [2.05, 4.69) is 17.5 Å². The minimum Gasteiger partial charge on any atom is -0.494 e. The molecular formula is C27H26N4O2. The van der Waals surface area contributed by atoms with Crippen molar-refractivity contribution in [2.75, 3.05) is 6.61 Å². The number of hydrazone groups is 1. The molecule has 4 rings (SSSR count). The topological polar surface area (TPSA) is 68.5 Å². The monoisotopic (exact) mass is 438 g/mol. The largest absolute Gasteiger partial charge is 0.494 e. The molecule has 0 aliphatic heterocycles. The van der Waals surface area contributed by atoms with Crippen LogP contribution in [0.1, 0.15) is 34.8 Å². The van der Waals surface area contributed by atoms with E-state index in [1.54, 1.807) is 17.0 Å². The van der Waals surface area contributed by atoms with E-state index in [1.165, 1.54) is 0 Å². The maximum atomic E-state index is 12.4. The lowest BCUT2D eigenvalue weighted by atomic mass is 10.1. The minimum absolute atomic E-state index is 0.260. The molecule has 0 saturated carbocycles. The van der Waals surface area contributed by atoms with Crippen LogP contribution >= 0.6 is 0 Å². The van der Waals surface area contributed by atoms with Gasteiger partial charge in [-0.05, 0) is 61.9 Å². The summed E-state index contributed by atoms with van der Waals surface area (Å²) in [7, 11) is 0. The van der Waals surface area contributed by atoms with Gasteiger partial charge in [-0.2, -0.15) is 10.2 Å². The second-order valence-corrected chi connectivity index (χ2v) is 7.65. The maximum Gasteiger partial charge on any atom is 0.271 e. The number of ether oxygens (including phenoxy) is 1. The van der Waals surface area contributed by atoms with Gasteiger partial charge in [-0.15, -0.1) is 0 Å². The summed E-state index contributed by atoms with van der Waals surface area (Å²) in [5.74, 6) is 0.563. The molecule has 1 N–H and O–H groups in total. The van der Waals surface area contributed by atoms with Crippen LogP contribution in [0.15, 0.2) is 90.2 Å². The molecule has 0 atom stereocenters. The number of nitrogens with one attached hydrogen (secondary N) is 1. The molecule has 0 bridgehead atoms. The number of para-hydroxylation sites is 1. The van der Waals surface area contributed by atoms with E-state index in [0.29, 0.717) is 12.2 Å². The summed E-state index contributed by atoms with van der Waals surface area (Å²) in [6.45, 7) is 4.71. The van der Waals surface area contributed by atoms with Crippen molar-refractivity contribution < 1.29 is 9.53 Å². The first-order valence-corrected chi connectivity index (χ1v) is 10.9. The molecule has 0 aliphatic carbocycles. The SMILES string of the molecule is CCCOc1ccc(-c2nn(-c3ccccc3)cc2/C=N/NC(=O)c2cccc(C)c2)cc1. The number of nitrogens with zero attached hydrogens (tertiary/aromatic N) is 3. The fourth-order valence-corrected chi connectivity index (χ4v) is 3.36. The highest BCUT2D eigenvalue weighted by molar-refractivity contribution is 5.95. The van der Waals surface area contributed by atoms with Crippen molar-refractivity contribution in [1.29, 1.82) is 0 Å². The van der Waals surface area contributed by atoms with Gasteiger partial charge in [0, 0.05) is 22.9 Å². The molecule has 1 heterocycles. The molecule has 0 unspecified atom stereocenters. The highest BCUT2D eigenvalue weighted by Crippen LogP contribution is 2.25. The lowest BCUT2D eigenvalue weighted by molar-refractivity contribution is 0.0955. The first-order valence-electron chi connectivity index (χ1n) is 10.9. The molecule has 0 radical (unpaired) electrons. The first-order chi connectivity index (χ1) is 16.1. The average Bonchev–Trinajstić information content (AvgIpc) is 3.28. The van der Waals surface area contributed by atoms with Gasteiger partial charge in [-0.25, -0.2) is 10.1 Å². The molecule has 33 heavy (non-hydrogen) atoms. The van der Waals surface area contributed by atoms with Gasteiger partial charge in [0.1, 0.15) is 11.4 Å². The van der Waals surface area contributed by atoms with E-state index in [0.717, 1.165) is 40.2 Å². The van der Waals surface area contributed by atoms with Crippen molar-refractivity contribution in [3.63, 3.8) is 0 Å². The predicted octanol–water partition coefficient (Wildman–Crippen LogP) is 5.40. The van der Waals surface area contributed by atoms with Crippen molar-refractivity contribution in [1.82, 2.24) is 15.2 Å². The molecule has 1 amide bonds. The Labute approximate surface area is 193 Å². The Morgan fingerprint density at radius 2 is 1.85 bits per heavy atom. The summed E-state index contributed by atoms with van der Waals surface area (Å²) >= 11 is 0. The van der Waals surface area contributed by atoms with E-state index in [1.807, 2.05) is 85.9 Å². The zero-order chi connectivity index (χ0) is 23.0. The Bertz CT molecular complexity index is 1240. The number of aromatic nitrogens is 2. The summed E-state index contributed by atoms with van der Waals surface area (Å²) in [6.07, 6.45) is 4.48. The molecule has 0 fully saturated rings. The van der Waals surface area contributed by atoms with Gasteiger partial charge in [-0.3, -0.25) is 4.79 Å². The van der Waals surface area contributed by atoms with E-state index >= 15 is 0 Å². The van der Waals surface area contributed by atoms with Crippen LogP contribution in [0.4, 0.5) is 0 Å². The van der Waals surface area contributed by atoms with Crippen LogP contribution in [0.25, 0.3) is 16.9 Å². The van der Waals surface area contributed by atoms with Crippen molar-refractivity contribution >= 4 is 12.1 Å². The number of carbonyl (C=O) groups excluding carboxylic acids is 1. The van der Waals surface area contributed by atoms with Crippen LogP contribution in [0.3, 0.4) is 0 Å². The van der Waals surface area contributed by atoms with Crippen molar-refractivity contribution in [3.8, 4) is 22.7 Å². The lowest BCUT2D eigenvalue weighted by Crippen LogP contribution is -2.17. The molecule has 6 nitrogen and oxygen atoms in total. The third-order valence-corrected chi connectivity index (χ3v) is 5.01. The molecule has 1 aromatic heterocycles. The van der Waals surface area contributed by atoms with Crippen molar-refractivity contribution in [3.05, 3.63) is 102 Å². The molecule has 4 aromatic rings.